The van der Waals surface area contributed by atoms with Crippen molar-refractivity contribution in [2.75, 3.05) is 5.73 Å². The quantitative estimate of drug-likeness (QED) is 0.834. The smallest absolute Gasteiger partial charge is 0.339 e. The number of carbonyl (C=O) groups is 1. The Bertz CT molecular complexity index is 667. The Labute approximate surface area is 124 Å². The summed E-state index contributed by atoms with van der Waals surface area (Å²) in [5, 5.41) is 13.4. The van der Waals surface area contributed by atoms with Gasteiger partial charge in [0.2, 0.25) is 0 Å². The van der Waals surface area contributed by atoms with Gasteiger partial charge < -0.3 is 15.6 Å². The first-order valence-electron chi connectivity index (χ1n) is 5.83. The number of nitrogens with zero attached hydrogens (tertiary/aromatic N) is 2. The zero-order valence-corrected chi connectivity index (χ0v) is 12.6. The monoisotopic (exact) mass is 339 g/mol. The summed E-state index contributed by atoms with van der Waals surface area (Å²) in [6.07, 6.45) is 0. The molecular weight excluding hydrogens is 326 g/mol. The number of halogens is 1. The highest BCUT2D eigenvalue weighted by Gasteiger charge is 2.15. The second-order valence-electron chi connectivity index (χ2n) is 4.32. The van der Waals surface area contributed by atoms with E-state index in [1.807, 2.05) is 6.92 Å². The van der Waals surface area contributed by atoms with Gasteiger partial charge in [0.15, 0.2) is 0 Å². The van der Waals surface area contributed by atoms with E-state index in [9.17, 15) is 4.79 Å². The fourth-order valence-electron chi connectivity index (χ4n) is 1.82. The number of anilines is 1. The summed E-state index contributed by atoms with van der Waals surface area (Å²) in [6.45, 7) is 2.08. The standard InChI is InChI=1S/C13H14BrN3O3/c1-7-12(14)10(17(2)16-7)6-20-11-4-3-8(15)5-9(11)13(18)19/h3-5H,6,15H2,1-2H3,(H,18,19). The third-order valence-electron chi connectivity index (χ3n) is 2.86. The number of rotatable bonds is 4. The van der Waals surface area contributed by atoms with Crippen molar-refractivity contribution in [3.8, 4) is 5.75 Å². The zero-order chi connectivity index (χ0) is 14.9. The molecule has 0 aliphatic rings. The Balaban J connectivity index is 2.25. The number of aromatic carboxylic acids is 1. The van der Waals surface area contributed by atoms with Gasteiger partial charge in [-0.15, -0.1) is 0 Å². The Hall–Kier alpha value is -2.02. The Kier molecular flexibility index (Phi) is 3.99. The molecule has 0 fully saturated rings. The van der Waals surface area contributed by atoms with Gasteiger partial charge in [0.25, 0.3) is 0 Å². The number of carboxylic acids is 1. The highest BCUT2D eigenvalue weighted by atomic mass is 79.9. The maximum atomic E-state index is 11.2. The SMILES string of the molecule is Cc1nn(C)c(COc2ccc(N)cc2C(=O)O)c1Br. The summed E-state index contributed by atoms with van der Waals surface area (Å²) in [4.78, 5) is 11.2. The molecule has 0 aliphatic carbocycles. The van der Waals surface area contributed by atoms with Crippen molar-refractivity contribution in [2.24, 2.45) is 7.05 Å². The predicted octanol–water partition coefficient (Wildman–Crippen LogP) is 2.35. The van der Waals surface area contributed by atoms with Gasteiger partial charge in [-0.25, -0.2) is 4.79 Å². The van der Waals surface area contributed by atoms with E-state index in [2.05, 4.69) is 21.0 Å². The fraction of sp³-hybridized carbons (Fsp3) is 0.231. The Morgan fingerprint density at radius 3 is 2.80 bits per heavy atom. The van der Waals surface area contributed by atoms with E-state index in [1.165, 1.54) is 6.07 Å². The molecule has 0 saturated heterocycles. The molecule has 0 spiro atoms. The number of benzene rings is 1. The number of nitrogens with two attached hydrogens (primary N) is 1. The van der Waals surface area contributed by atoms with Crippen LogP contribution in [0.2, 0.25) is 0 Å². The molecule has 0 atom stereocenters. The van der Waals surface area contributed by atoms with Gasteiger partial charge in [-0.05, 0) is 41.1 Å². The molecule has 0 bridgehead atoms. The van der Waals surface area contributed by atoms with E-state index >= 15 is 0 Å². The van der Waals surface area contributed by atoms with Crippen LogP contribution in [0.25, 0.3) is 0 Å². The molecule has 1 aromatic heterocycles. The van der Waals surface area contributed by atoms with Crippen molar-refractivity contribution in [3.63, 3.8) is 0 Å². The Morgan fingerprint density at radius 1 is 1.55 bits per heavy atom. The van der Waals surface area contributed by atoms with Crippen molar-refractivity contribution < 1.29 is 14.6 Å². The molecule has 2 rings (SSSR count). The molecule has 1 heterocycles. The molecular formula is C13H14BrN3O3. The molecule has 20 heavy (non-hydrogen) atoms. The van der Waals surface area contributed by atoms with Gasteiger partial charge in [-0.1, -0.05) is 0 Å². The largest absolute Gasteiger partial charge is 0.486 e. The van der Waals surface area contributed by atoms with Crippen molar-refractivity contribution in [1.82, 2.24) is 9.78 Å². The van der Waals surface area contributed by atoms with Crippen molar-refractivity contribution >= 4 is 27.6 Å². The van der Waals surface area contributed by atoms with E-state index in [1.54, 1.807) is 23.9 Å². The average Bonchev–Trinajstić information content (AvgIpc) is 2.62. The summed E-state index contributed by atoms with van der Waals surface area (Å²) in [5.74, 6) is -0.801. The molecule has 0 amide bonds. The van der Waals surface area contributed by atoms with Crippen LogP contribution in [0.4, 0.5) is 5.69 Å². The van der Waals surface area contributed by atoms with E-state index in [4.69, 9.17) is 15.6 Å². The second-order valence-corrected chi connectivity index (χ2v) is 5.11. The van der Waals surface area contributed by atoms with Gasteiger partial charge in [0, 0.05) is 12.7 Å². The van der Waals surface area contributed by atoms with Gasteiger partial charge in [-0.2, -0.15) is 5.10 Å². The number of ether oxygens (including phenoxy) is 1. The van der Waals surface area contributed by atoms with Gasteiger partial charge in [0.05, 0.1) is 15.9 Å². The minimum atomic E-state index is -1.08. The van der Waals surface area contributed by atoms with Crippen LogP contribution >= 0.6 is 15.9 Å². The third kappa shape index (κ3) is 2.77. The van der Waals surface area contributed by atoms with Crippen LogP contribution in [0.5, 0.6) is 5.75 Å². The van der Waals surface area contributed by atoms with Crippen LogP contribution in [-0.4, -0.2) is 20.9 Å². The number of aryl methyl sites for hydroxylation is 2. The van der Waals surface area contributed by atoms with Gasteiger partial charge in [0.1, 0.15) is 17.9 Å². The van der Waals surface area contributed by atoms with Crippen LogP contribution < -0.4 is 10.5 Å². The maximum Gasteiger partial charge on any atom is 0.339 e. The van der Waals surface area contributed by atoms with Crippen molar-refractivity contribution in [1.29, 1.82) is 0 Å². The Morgan fingerprint density at radius 2 is 2.25 bits per heavy atom. The first-order valence-corrected chi connectivity index (χ1v) is 6.63. The minimum absolute atomic E-state index is 0.0417. The second kappa shape index (κ2) is 5.54. The summed E-state index contributed by atoms with van der Waals surface area (Å²) >= 11 is 3.43. The summed E-state index contributed by atoms with van der Waals surface area (Å²) in [5.41, 5.74) is 7.69. The van der Waals surface area contributed by atoms with Crippen LogP contribution in [-0.2, 0) is 13.7 Å². The molecule has 0 aliphatic heterocycles. The maximum absolute atomic E-state index is 11.2. The first-order chi connectivity index (χ1) is 9.40. The van der Waals surface area contributed by atoms with E-state index < -0.39 is 5.97 Å². The van der Waals surface area contributed by atoms with E-state index in [-0.39, 0.29) is 17.9 Å². The topological polar surface area (TPSA) is 90.4 Å². The normalized spacial score (nSPS) is 10.6. The lowest BCUT2D eigenvalue weighted by molar-refractivity contribution is 0.0691. The number of nitrogen functional groups attached to an aromatic ring is 1. The van der Waals surface area contributed by atoms with Crippen molar-refractivity contribution in [2.45, 2.75) is 13.5 Å². The van der Waals surface area contributed by atoms with Crippen molar-refractivity contribution in [3.05, 3.63) is 39.6 Å². The lowest BCUT2D eigenvalue weighted by Crippen LogP contribution is -2.07. The summed E-state index contributed by atoms with van der Waals surface area (Å²) in [6, 6.07) is 4.53. The summed E-state index contributed by atoms with van der Waals surface area (Å²) in [7, 11) is 1.80. The molecule has 106 valence electrons. The molecule has 1 aromatic carbocycles. The first kappa shape index (κ1) is 14.4. The van der Waals surface area contributed by atoms with Crippen LogP contribution in [0.3, 0.4) is 0 Å². The number of aromatic nitrogens is 2. The zero-order valence-electron chi connectivity index (χ0n) is 11.1. The molecule has 3 N–H and O–H groups in total. The van der Waals surface area contributed by atoms with Gasteiger partial charge >= 0.3 is 5.97 Å². The van der Waals surface area contributed by atoms with Gasteiger partial charge in [-0.3, -0.25) is 4.68 Å². The van der Waals surface area contributed by atoms with E-state index in [0.29, 0.717) is 5.69 Å². The number of carboxylic acid groups (broad SMARTS) is 1. The molecule has 0 radical (unpaired) electrons. The molecule has 2 aromatic rings. The summed E-state index contributed by atoms with van der Waals surface area (Å²) < 4.78 is 8.13. The highest BCUT2D eigenvalue weighted by molar-refractivity contribution is 9.10. The van der Waals surface area contributed by atoms with Crippen LogP contribution in [0, 0.1) is 6.92 Å². The number of hydrogen-bond acceptors (Lipinski definition) is 4. The fourth-order valence-corrected chi connectivity index (χ4v) is 2.27. The molecule has 6 nitrogen and oxygen atoms in total. The average molecular weight is 340 g/mol. The lowest BCUT2D eigenvalue weighted by atomic mass is 10.2. The third-order valence-corrected chi connectivity index (χ3v) is 3.89. The predicted molar refractivity (Wildman–Crippen MR) is 77.8 cm³/mol. The minimum Gasteiger partial charge on any atom is -0.486 e. The molecule has 0 saturated carbocycles. The number of hydrogen-bond donors (Lipinski definition) is 2. The lowest BCUT2D eigenvalue weighted by Gasteiger charge is -2.10. The molecule has 7 heteroatoms. The van der Waals surface area contributed by atoms with Crippen LogP contribution in [0.15, 0.2) is 22.7 Å². The van der Waals surface area contributed by atoms with E-state index in [0.717, 1.165) is 15.9 Å². The molecule has 0 unspecified atom stereocenters. The highest BCUT2D eigenvalue weighted by Crippen LogP contribution is 2.25. The van der Waals surface area contributed by atoms with Crippen LogP contribution in [0.1, 0.15) is 21.7 Å².